The van der Waals surface area contributed by atoms with Crippen LogP contribution in [0.3, 0.4) is 0 Å². The minimum atomic E-state index is 0.0140. The molecule has 2 rings (SSSR count). The van der Waals surface area contributed by atoms with E-state index >= 15 is 0 Å². The molecule has 1 N–H and O–H groups in total. The van der Waals surface area contributed by atoms with Crippen LogP contribution in [0, 0.1) is 13.8 Å². The van der Waals surface area contributed by atoms with Crippen molar-refractivity contribution in [2.75, 3.05) is 5.32 Å². The van der Waals surface area contributed by atoms with Crippen molar-refractivity contribution in [3.63, 3.8) is 0 Å². The zero-order valence-corrected chi connectivity index (χ0v) is 14.2. The molecule has 0 heterocycles. The summed E-state index contributed by atoms with van der Waals surface area (Å²) in [6, 6.07) is 14.2. The van der Waals surface area contributed by atoms with E-state index in [0.717, 1.165) is 23.2 Å². The van der Waals surface area contributed by atoms with Crippen LogP contribution in [0.2, 0.25) is 0 Å². The van der Waals surface area contributed by atoms with Gasteiger partial charge in [0.1, 0.15) is 0 Å². The number of allylic oxidation sites excluding steroid dienone is 1. The molecule has 120 valence electrons. The summed E-state index contributed by atoms with van der Waals surface area (Å²) >= 11 is 0. The molecule has 0 saturated heterocycles. The molecule has 2 nitrogen and oxygen atoms in total. The van der Waals surface area contributed by atoms with E-state index < -0.39 is 0 Å². The van der Waals surface area contributed by atoms with Gasteiger partial charge in [-0.3, -0.25) is 4.79 Å². The molecule has 0 aliphatic carbocycles. The van der Waals surface area contributed by atoms with E-state index in [1.54, 1.807) is 12.3 Å². The van der Waals surface area contributed by atoms with Gasteiger partial charge in [0, 0.05) is 23.5 Å². The lowest BCUT2D eigenvalue weighted by molar-refractivity contribution is 0.104. The Morgan fingerprint density at radius 2 is 1.78 bits per heavy atom. The van der Waals surface area contributed by atoms with Crippen molar-refractivity contribution >= 4 is 11.5 Å². The van der Waals surface area contributed by atoms with E-state index in [1.165, 1.54) is 24.0 Å². The minimum absolute atomic E-state index is 0.0140. The Kier molecular flexibility index (Phi) is 6.16. The molecule has 0 fully saturated rings. The van der Waals surface area contributed by atoms with E-state index in [4.69, 9.17) is 0 Å². The van der Waals surface area contributed by atoms with Crippen molar-refractivity contribution in [3.05, 3.63) is 77.0 Å². The van der Waals surface area contributed by atoms with E-state index in [0.29, 0.717) is 0 Å². The summed E-state index contributed by atoms with van der Waals surface area (Å²) in [5.74, 6) is 0.0140. The van der Waals surface area contributed by atoms with Crippen LogP contribution in [-0.4, -0.2) is 5.78 Å². The first-order valence-electron chi connectivity index (χ1n) is 8.23. The van der Waals surface area contributed by atoms with E-state index in [1.807, 2.05) is 32.0 Å². The van der Waals surface area contributed by atoms with Crippen molar-refractivity contribution in [2.45, 2.75) is 40.0 Å². The van der Waals surface area contributed by atoms with Crippen LogP contribution < -0.4 is 5.32 Å². The van der Waals surface area contributed by atoms with E-state index in [-0.39, 0.29) is 5.78 Å². The number of rotatable bonds is 7. The molecule has 0 saturated carbocycles. The first-order valence-corrected chi connectivity index (χ1v) is 8.23. The average molecular weight is 307 g/mol. The fourth-order valence-corrected chi connectivity index (χ4v) is 2.35. The Balaban J connectivity index is 1.92. The summed E-state index contributed by atoms with van der Waals surface area (Å²) in [5.41, 5.74) is 5.41. The Morgan fingerprint density at radius 3 is 2.43 bits per heavy atom. The summed E-state index contributed by atoms with van der Waals surface area (Å²) in [5, 5.41) is 3.15. The van der Waals surface area contributed by atoms with Gasteiger partial charge in [-0.2, -0.15) is 0 Å². The molecule has 2 aromatic rings. The minimum Gasteiger partial charge on any atom is -0.362 e. The summed E-state index contributed by atoms with van der Waals surface area (Å²) in [6.07, 6.45) is 6.84. The lowest BCUT2D eigenvalue weighted by atomic mass is 10.0. The number of ketones is 1. The zero-order chi connectivity index (χ0) is 16.7. The van der Waals surface area contributed by atoms with Crippen LogP contribution in [-0.2, 0) is 6.42 Å². The molecule has 0 aromatic heterocycles. The molecule has 0 aliphatic heterocycles. The number of benzene rings is 2. The van der Waals surface area contributed by atoms with Gasteiger partial charge in [0.15, 0.2) is 5.78 Å². The van der Waals surface area contributed by atoms with E-state index in [9.17, 15) is 4.79 Å². The molecule has 0 bridgehead atoms. The van der Waals surface area contributed by atoms with Gasteiger partial charge in [-0.05, 0) is 61.6 Å². The first kappa shape index (κ1) is 17.0. The second-order valence-electron chi connectivity index (χ2n) is 5.94. The molecule has 2 aromatic carbocycles. The van der Waals surface area contributed by atoms with Crippen LogP contribution in [0.1, 0.15) is 46.8 Å². The van der Waals surface area contributed by atoms with Gasteiger partial charge in [0.2, 0.25) is 0 Å². The number of hydrogen-bond donors (Lipinski definition) is 1. The quantitative estimate of drug-likeness (QED) is 0.544. The number of carbonyl (C=O) groups excluding carboxylic acids is 1. The first-order chi connectivity index (χ1) is 11.1. The monoisotopic (exact) mass is 307 g/mol. The van der Waals surface area contributed by atoms with Gasteiger partial charge in [-0.15, -0.1) is 0 Å². The molecular formula is C21H25NO. The average Bonchev–Trinajstić information content (AvgIpc) is 2.56. The highest BCUT2D eigenvalue weighted by Crippen LogP contribution is 2.13. The van der Waals surface area contributed by atoms with Gasteiger partial charge >= 0.3 is 0 Å². The number of aryl methyl sites for hydroxylation is 3. The lowest BCUT2D eigenvalue weighted by Gasteiger charge is -2.04. The Hall–Kier alpha value is -2.35. The predicted octanol–water partition coefficient (Wildman–Crippen LogP) is 5.45. The van der Waals surface area contributed by atoms with Gasteiger partial charge in [-0.1, -0.05) is 37.6 Å². The summed E-state index contributed by atoms with van der Waals surface area (Å²) in [4.78, 5) is 12.1. The summed E-state index contributed by atoms with van der Waals surface area (Å²) in [7, 11) is 0. The molecule has 0 unspecified atom stereocenters. The fourth-order valence-electron chi connectivity index (χ4n) is 2.35. The SMILES string of the molecule is CCCCc1ccc(N/C=C/C(=O)c2ccc(C)c(C)c2)cc1. The Morgan fingerprint density at radius 1 is 1.04 bits per heavy atom. The van der Waals surface area contributed by atoms with Crippen molar-refractivity contribution in [2.24, 2.45) is 0 Å². The molecule has 2 heteroatoms. The highest BCUT2D eigenvalue weighted by molar-refractivity contribution is 6.04. The maximum absolute atomic E-state index is 12.1. The number of hydrogen-bond acceptors (Lipinski definition) is 2. The second-order valence-corrected chi connectivity index (χ2v) is 5.94. The Labute approximate surface area is 139 Å². The zero-order valence-electron chi connectivity index (χ0n) is 14.2. The molecule has 0 atom stereocenters. The molecule has 0 radical (unpaired) electrons. The third-order valence-electron chi connectivity index (χ3n) is 4.05. The standard InChI is InChI=1S/C21H25NO/c1-4-5-6-18-8-11-20(12-9-18)22-14-13-21(23)19-10-7-16(2)17(3)15-19/h7-15,22H,4-6H2,1-3H3/b14-13+. The largest absolute Gasteiger partial charge is 0.362 e. The van der Waals surface area contributed by atoms with Crippen LogP contribution in [0.15, 0.2) is 54.7 Å². The highest BCUT2D eigenvalue weighted by Gasteiger charge is 2.03. The molecule has 0 aliphatic rings. The van der Waals surface area contributed by atoms with Gasteiger partial charge in [-0.25, -0.2) is 0 Å². The van der Waals surface area contributed by atoms with E-state index in [2.05, 4.69) is 36.5 Å². The van der Waals surface area contributed by atoms with Crippen LogP contribution >= 0.6 is 0 Å². The third-order valence-corrected chi connectivity index (χ3v) is 4.05. The van der Waals surface area contributed by atoms with Gasteiger partial charge < -0.3 is 5.32 Å². The van der Waals surface area contributed by atoms with Crippen molar-refractivity contribution in [3.8, 4) is 0 Å². The predicted molar refractivity (Wildman–Crippen MR) is 98.1 cm³/mol. The molecular weight excluding hydrogens is 282 g/mol. The van der Waals surface area contributed by atoms with Gasteiger partial charge in [0.05, 0.1) is 0 Å². The second kappa shape index (κ2) is 8.33. The number of carbonyl (C=O) groups is 1. The van der Waals surface area contributed by atoms with Crippen molar-refractivity contribution < 1.29 is 4.79 Å². The fraction of sp³-hybridized carbons (Fsp3) is 0.286. The number of anilines is 1. The Bertz CT molecular complexity index is 683. The van der Waals surface area contributed by atoms with Gasteiger partial charge in [0.25, 0.3) is 0 Å². The van der Waals surface area contributed by atoms with Crippen molar-refractivity contribution in [1.82, 2.24) is 0 Å². The number of unbranched alkanes of at least 4 members (excludes halogenated alkanes) is 1. The third kappa shape index (κ3) is 5.10. The smallest absolute Gasteiger partial charge is 0.187 e. The summed E-state index contributed by atoms with van der Waals surface area (Å²) in [6.45, 7) is 6.27. The van der Waals surface area contributed by atoms with Crippen LogP contribution in [0.25, 0.3) is 0 Å². The number of nitrogens with one attached hydrogen (secondary N) is 1. The molecule has 23 heavy (non-hydrogen) atoms. The normalized spacial score (nSPS) is 10.9. The van der Waals surface area contributed by atoms with Crippen molar-refractivity contribution in [1.29, 1.82) is 0 Å². The van der Waals surface area contributed by atoms with Crippen LogP contribution in [0.4, 0.5) is 5.69 Å². The van der Waals surface area contributed by atoms with Crippen LogP contribution in [0.5, 0.6) is 0 Å². The molecule has 0 spiro atoms. The lowest BCUT2D eigenvalue weighted by Crippen LogP contribution is -1.97. The highest BCUT2D eigenvalue weighted by atomic mass is 16.1. The molecule has 0 amide bonds. The maximum atomic E-state index is 12.1. The maximum Gasteiger partial charge on any atom is 0.187 e. The topological polar surface area (TPSA) is 29.1 Å². The summed E-state index contributed by atoms with van der Waals surface area (Å²) < 4.78 is 0.